The number of fused-ring (bicyclic) bond motifs is 1. The molecule has 2 aromatic heterocycles. The molecule has 1 N–H and O–H groups in total. The zero-order valence-corrected chi connectivity index (χ0v) is 13.4. The first kappa shape index (κ1) is 16.7. The average Bonchev–Trinajstić information content (AvgIpc) is 2.79. The van der Waals surface area contributed by atoms with E-state index in [9.17, 15) is 18.0 Å². The molecule has 0 saturated heterocycles. The quantitative estimate of drug-likeness (QED) is 0.584. The number of aromatic nitrogens is 3. The second-order valence-electron chi connectivity index (χ2n) is 5.45. The van der Waals surface area contributed by atoms with Gasteiger partial charge in [-0.3, -0.25) is 14.6 Å². The van der Waals surface area contributed by atoms with Crippen LogP contribution < -0.4 is 11.1 Å². The van der Waals surface area contributed by atoms with Crippen LogP contribution in [0.5, 0.6) is 0 Å². The van der Waals surface area contributed by atoms with E-state index in [0.29, 0.717) is 0 Å². The van der Waals surface area contributed by atoms with E-state index in [1.807, 2.05) is 0 Å². The third-order valence-electron chi connectivity index (χ3n) is 3.78. The van der Waals surface area contributed by atoms with Crippen molar-refractivity contribution in [3.8, 4) is 0 Å². The minimum absolute atomic E-state index is 0.129. The molecule has 3 rings (SSSR count). The number of hydrogen-bond donors (Lipinski definition) is 1. The van der Waals surface area contributed by atoms with Gasteiger partial charge in [-0.25, -0.2) is 9.78 Å². The zero-order chi connectivity index (χ0) is 18.2. The number of pyridine rings is 1. The summed E-state index contributed by atoms with van der Waals surface area (Å²) in [7, 11) is 3.37. The fourth-order valence-electron chi connectivity index (χ4n) is 2.40. The molecule has 0 radical (unpaired) electrons. The van der Waals surface area contributed by atoms with Gasteiger partial charge in [0.1, 0.15) is 5.82 Å². The number of alkyl halides is 3. The van der Waals surface area contributed by atoms with Crippen LogP contribution in [0.2, 0.25) is 0 Å². The van der Waals surface area contributed by atoms with E-state index in [2.05, 4.69) is 15.5 Å². The highest BCUT2D eigenvalue weighted by Crippen LogP contribution is 2.28. The Hall–Kier alpha value is -3.10. The number of anilines is 1. The number of hydrazone groups is 1. The molecule has 3 aromatic rings. The van der Waals surface area contributed by atoms with E-state index in [1.54, 1.807) is 36.9 Å². The number of hydrogen-bond acceptors (Lipinski definition) is 4. The maximum atomic E-state index is 12.5. The Bertz CT molecular complexity index is 1000. The number of rotatable bonds is 3. The van der Waals surface area contributed by atoms with Gasteiger partial charge in [-0.05, 0) is 29.8 Å². The van der Waals surface area contributed by atoms with Gasteiger partial charge in [0.2, 0.25) is 0 Å². The standard InChI is InChI=1S/C16H14F3N5O/c1-23-12-5-3-10(7-13(12)24(2)15(23)25)8-21-22-14-6-4-11(9-20-14)16(17,18)19/h3-9H,1-2H3,(H,20,22)/b21-8-. The molecule has 25 heavy (non-hydrogen) atoms. The highest BCUT2D eigenvalue weighted by molar-refractivity contribution is 5.87. The van der Waals surface area contributed by atoms with Gasteiger partial charge in [0.15, 0.2) is 0 Å². The van der Waals surface area contributed by atoms with Crippen molar-refractivity contribution in [1.29, 1.82) is 0 Å². The predicted molar refractivity (Wildman–Crippen MR) is 88.6 cm³/mol. The van der Waals surface area contributed by atoms with Crippen LogP contribution in [-0.2, 0) is 20.3 Å². The van der Waals surface area contributed by atoms with Gasteiger partial charge in [-0.2, -0.15) is 18.3 Å². The summed E-state index contributed by atoms with van der Waals surface area (Å²) in [6.07, 6.45) is -2.18. The highest BCUT2D eigenvalue weighted by Gasteiger charge is 2.30. The minimum Gasteiger partial charge on any atom is -0.295 e. The SMILES string of the molecule is Cn1c(=O)n(C)c2cc(/C=N\Nc3ccc(C(F)(F)F)cn3)ccc21. The molecular weight excluding hydrogens is 335 g/mol. The number of nitrogens with one attached hydrogen (secondary N) is 1. The Morgan fingerprint density at radius 2 is 1.84 bits per heavy atom. The Kier molecular flexibility index (Phi) is 4.07. The van der Waals surface area contributed by atoms with Gasteiger partial charge >= 0.3 is 11.9 Å². The van der Waals surface area contributed by atoms with Crippen molar-refractivity contribution >= 4 is 23.1 Å². The van der Waals surface area contributed by atoms with E-state index in [4.69, 9.17) is 0 Å². The Morgan fingerprint density at radius 3 is 2.48 bits per heavy atom. The second-order valence-corrected chi connectivity index (χ2v) is 5.45. The summed E-state index contributed by atoms with van der Waals surface area (Å²) in [5.74, 6) is 0.192. The van der Waals surface area contributed by atoms with Crippen molar-refractivity contribution in [3.05, 3.63) is 58.1 Å². The zero-order valence-electron chi connectivity index (χ0n) is 13.4. The Labute approximate surface area is 140 Å². The summed E-state index contributed by atoms with van der Waals surface area (Å²) < 4.78 is 40.5. The van der Waals surface area contributed by atoms with E-state index >= 15 is 0 Å². The van der Waals surface area contributed by atoms with E-state index < -0.39 is 11.7 Å². The monoisotopic (exact) mass is 349 g/mol. The second kappa shape index (κ2) is 6.08. The van der Waals surface area contributed by atoms with Crippen molar-refractivity contribution < 1.29 is 13.2 Å². The fourth-order valence-corrected chi connectivity index (χ4v) is 2.40. The van der Waals surface area contributed by atoms with Crippen molar-refractivity contribution in [1.82, 2.24) is 14.1 Å². The topological polar surface area (TPSA) is 64.2 Å². The minimum atomic E-state index is -4.42. The van der Waals surface area contributed by atoms with Crippen LogP contribution in [0.25, 0.3) is 11.0 Å². The number of halogens is 3. The van der Waals surface area contributed by atoms with Crippen LogP contribution in [0, 0.1) is 0 Å². The predicted octanol–water partition coefficient (Wildman–Crippen LogP) is 2.74. The molecule has 6 nitrogen and oxygen atoms in total. The molecule has 130 valence electrons. The third-order valence-corrected chi connectivity index (χ3v) is 3.78. The number of imidazole rings is 1. The molecule has 0 atom stereocenters. The number of benzene rings is 1. The van der Waals surface area contributed by atoms with E-state index in [0.717, 1.165) is 28.9 Å². The molecule has 0 fully saturated rings. The summed E-state index contributed by atoms with van der Waals surface area (Å²) in [5.41, 5.74) is 3.90. The average molecular weight is 349 g/mol. The molecule has 0 bridgehead atoms. The summed E-state index contributed by atoms with van der Waals surface area (Å²) in [5, 5.41) is 3.96. The van der Waals surface area contributed by atoms with Crippen LogP contribution in [0.1, 0.15) is 11.1 Å². The van der Waals surface area contributed by atoms with Crippen LogP contribution in [0.4, 0.5) is 19.0 Å². The molecule has 0 unspecified atom stereocenters. The normalized spacial score (nSPS) is 12.2. The first-order valence-corrected chi connectivity index (χ1v) is 7.25. The summed E-state index contributed by atoms with van der Waals surface area (Å²) in [6.45, 7) is 0. The summed E-state index contributed by atoms with van der Waals surface area (Å²) >= 11 is 0. The van der Waals surface area contributed by atoms with Gasteiger partial charge in [0.25, 0.3) is 0 Å². The van der Waals surface area contributed by atoms with Gasteiger partial charge in [-0.1, -0.05) is 6.07 Å². The van der Waals surface area contributed by atoms with Crippen LogP contribution in [0.3, 0.4) is 0 Å². The van der Waals surface area contributed by atoms with Crippen molar-refractivity contribution in [3.63, 3.8) is 0 Å². The lowest BCUT2D eigenvalue weighted by atomic mass is 10.2. The molecule has 0 aliphatic heterocycles. The molecule has 0 saturated carbocycles. The molecule has 0 spiro atoms. The van der Waals surface area contributed by atoms with Crippen molar-refractivity contribution in [2.24, 2.45) is 19.2 Å². The van der Waals surface area contributed by atoms with Gasteiger partial charge in [0, 0.05) is 20.3 Å². The third kappa shape index (κ3) is 3.25. The Morgan fingerprint density at radius 1 is 1.12 bits per heavy atom. The smallest absolute Gasteiger partial charge is 0.295 e. The molecule has 2 heterocycles. The van der Waals surface area contributed by atoms with Crippen LogP contribution in [-0.4, -0.2) is 20.3 Å². The summed E-state index contributed by atoms with van der Waals surface area (Å²) in [4.78, 5) is 15.5. The molecular formula is C16H14F3N5O. The van der Waals surface area contributed by atoms with Gasteiger partial charge in [-0.15, -0.1) is 0 Å². The van der Waals surface area contributed by atoms with E-state index in [-0.39, 0.29) is 11.5 Å². The molecule has 0 amide bonds. The van der Waals surface area contributed by atoms with Gasteiger partial charge in [0.05, 0.1) is 22.8 Å². The van der Waals surface area contributed by atoms with Crippen LogP contribution >= 0.6 is 0 Å². The number of nitrogens with zero attached hydrogens (tertiary/aromatic N) is 4. The highest BCUT2D eigenvalue weighted by atomic mass is 19.4. The lowest BCUT2D eigenvalue weighted by Gasteiger charge is -2.06. The molecule has 0 aliphatic rings. The molecule has 1 aromatic carbocycles. The Balaban J connectivity index is 1.77. The number of aryl methyl sites for hydroxylation is 2. The van der Waals surface area contributed by atoms with Crippen molar-refractivity contribution in [2.75, 3.05) is 5.43 Å². The fraction of sp³-hybridized carbons (Fsp3) is 0.188. The largest absolute Gasteiger partial charge is 0.417 e. The maximum Gasteiger partial charge on any atom is 0.417 e. The van der Waals surface area contributed by atoms with Crippen LogP contribution in [0.15, 0.2) is 46.4 Å². The van der Waals surface area contributed by atoms with Crippen molar-refractivity contribution in [2.45, 2.75) is 6.18 Å². The van der Waals surface area contributed by atoms with Gasteiger partial charge < -0.3 is 0 Å². The lowest BCUT2D eigenvalue weighted by Crippen LogP contribution is -2.19. The van der Waals surface area contributed by atoms with E-state index in [1.165, 1.54) is 16.8 Å². The maximum absolute atomic E-state index is 12.5. The first-order chi connectivity index (χ1) is 11.8. The molecule has 0 aliphatic carbocycles. The lowest BCUT2D eigenvalue weighted by molar-refractivity contribution is -0.137. The molecule has 9 heteroatoms. The first-order valence-electron chi connectivity index (χ1n) is 7.25. The summed E-state index contributed by atoms with van der Waals surface area (Å²) in [6, 6.07) is 7.50.